The second-order valence-corrected chi connectivity index (χ2v) is 5.30. The number of hydrogen-bond acceptors (Lipinski definition) is 3. The minimum atomic E-state index is -0.645. The van der Waals surface area contributed by atoms with Gasteiger partial charge in [0.1, 0.15) is 0 Å². The molecular weight excluding hydrogens is 276 g/mol. The molecule has 1 atom stereocenters. The average Bonchev–Trinajstić information content (AvgIpc) is 3.21. The smallest absolute Gasteiger partial charge is 0.234 e. The number of rotatable bonds is 7. The number of amides is 1. The molecule has 1 unspecified atom stereocenters. The second-order valence-electron chi connectivity index (χ2n) is 5.30. The Morgan fingerprint density at radius 1 is 1.35 bits per heavy atom. The number of carbonyl (C=O) groups is 1. The summed E-state index contributed by atoms with van der Waals surface area (Å²) in [6.45, 7) is 3.52. The van der Waals surface area contributed by atoms with Crippen molar-refractivity contribution in [3.05, 3.63) is 35.4 Å². The molecule has 1 amide bonds. The Morgan fingerprint density at radius 2 is 2.00 bits per heavy atom. The first-order valence-electron chi connectivity index (χ1n) is 6.87. The fourth-order valence-corrected chi connectivity index (χ4v) is 1.89. The first-order valence-corrected chi connectivity index (χ1v) is 6.87. The van der Waals surface area contributed by atoms with Crippen LogP contribution >= 0.6 is 12.4 Å². The van der Waals surface area contributed by atoms with Gasteiger partial charge in [0.25, 0.3) is 0 Å². The van der Waals surface area contributed by atoms with E-state index in [0.29, 0.717) is 6.54 Å². The van der Waals surface area contributed by atoms with E-state index < -0.39 is 6.10 Å². The van der Waals surface area contributed by atoms with Crippen molar-refractivity contribution in [2.24, 2.45) is 5.92 Å². The van der Waals surface area contributed by atoms with E-state index in [-0.39, 0.29) is 24.9 Å². The number of nitrogens with one attached hydrogen (secondary N) is 2. The summed E-state index contributed by atoms with van der Waals surface area (Å²) < 4.78 is 0. The molecule has 0 saturated heterocycles. The number of halogens is 1. The lowest BCUT2D eigenvalue weighted by molar-refractivity contribution is -0.120. The number of aliphatic hydroxyl groups is 1. The van der Waals surface area contributed by atoms with Crippen LogP contribution in [0, 0.1) is 12.8 Å². The Kier molecular flexibility index (Phi) is 6.99. The van der Waals surface area contributed by atoms with Gasteiger partial charge in [-0.2, -0.15) is 0 Å². The highest BCUT2D eigenvalue weighted by Crippen LogP contribution is 2.27. The van der Waals surface area contributed by atoms with E-state index in [1.165, 1.54) is 12.8 Å². The number of aryl methyl sites for hydroxylation is 1. The van der Waals surface area contributed by atoms with Crippen molar-refractivity contribution in [3.63, 3.8) is 0 Å². The molecule has 2 rings (SSSR count). The maximum Gasteiger partial charge on any atom is 0.234 e. The Hall–Kier alpha value is -1.10. The van der Waals surface area contributed by atoms with Gasteiger partial charge in [0.2, 0.25) is 5.91 Å². The molecule has 0 radical (unpaired) electrons. The third-order valence-corrected chi connectivity index (χ3v) is 3.37. The molecule has 112 valence electrons. The van der Waals surface area contributed by atoms with Gasteiger partial charge in [0.15, 0.2) is 0 Å². The molecule has 4 nitrogen and oxygen atoms in total. The van der Waals surface area contributed by atoms with Crippen LogP contribution in [0.5, 0.6) is 0 Å². The first-order chi connectivity index (χ1) is 9.15. The minimum absolute atomic E-state index is 0. The predicted molar refractivity (Wildman–Crippen MR) is 82.0 cm³/mol. The lowest BCUT2D eigenvalue weighted by Crippen LogP contribution is -2.36. The highest BCUT2D eigenvalue weighted by molar-refractivity contribution is 5.85. The Labute approximate surface area is 126 Å². The summed E-state index contributed by atoms with van der Waals surface area (Å²) in [7, 11) is 0. The van der Waals surface area contributed by atoms with Gasteiger partial charge >= 0.3 is 0 Å². The largest absolute Gasteiger partial charge is 0.387 e. The van der Waals surface area contributed by atoms with Gasteiger partial charge in [0.05, 0.1) is 12.6 Å². The minimum Gasteiger partial charge on any atom is -0.387 e. The SMILES string of the molecule is Cc1ccc(C(O)CNC(=O)CNCC2CC2)cc1.Cl. The summed E-state index contributed by atoms with van der Waals surface area (Å²) in [6.07, 6.45) is 1.91. The number of benzene rings is 1. The molecule has 1 saturated carbocycles. The predicted octanol–water partition coefficient (Wildman–Crippen LogP) is 1.57. The molecule has 1 aliphatic carbocycles. The maximum atomic E-state index is 11.6. The van der Waals surface area contributed by atoms with Crippen LogP contribution in [0.1, 0.15) is 30.1 Å². The lowest BCUT2D eigenvalue weighted by Gasteiger charge is -2.12. The molecule has 1 aromatic carbocycles. The van der Waals surface area contributed by atoms with Gasteiger partial charge < -0.3 is 15.7 Å². The molecular formula is C15H23ClN2O2. The number of aliphatic hydroxyl groups excluding tert-OH is 1. The summed E-state index contributed by atoms with van der Waals surface area (Å²) in [5.74, 6) is 0.706. The van der Waals surface area contributed by atoms with Crippen molar-refractivity contribution in [1.29, 1.82) is 0 Å². The quantitative estimate of drug-likeness (QED) is 0.716. The topological polar surface area (TPSA) is 61.4 Å². The van der Waals surface area contributed by atoms with Gasteiger partial charge in [-0.3, -0.25) is 4.79 Å². The van der Waals surface area contributed by atoms with E-state index in [1.54, 1.807) is 0 Å². The third-order valence-electron chi connectivity index (χ3n) is 3.37. The summed E-state index contributed by atoms with van der Waals surface area (Å²) in [6, 6.07) is 7.68. The average molecular weight is 299 g/mol. The van der Waals surface area contributed by atoms with Crippen molar-refractivity contribution in [1.82, 2.24) is 10.6 Å². The molecule has 1 aliphatic rings. The van der Waals surface area contributed by atoms with E-state index in [4.69, 9.17) is 0 Å². The zero-order valence-electron chi connectivity index (χ0n) is 11.8. The first kappa shape index (κ1) is 17.0. The maximum absolute atomic E-state index is 11.6. The summed E-state index contributed by atoms with van der Waals surface area (Å²) in [5.41, 5.74) is 1.99. The van der Waals surface area contributed by atoms with Crippen LogP contribution in [0.25, 0.3) is 0 Å². The van der Waals surface area contributed by atoms with Crippen LogP contribution in [0.3, 0.4) is 0 Å². The van der Waals surface area contributed by atoms with Gasteiger partial charge in [0, 0.05) is 6.54 Å². The third kappa shape index (κ3) is 5.90. The lowest BCUT2D eigenvalue weighted by atomic mass is 10.1. The van der Waals surface area contributed by atoms with Crippen LogP contribution in [0.15, 0.2) is 24.3 Å². The van der Waals surface area contributed by atoms with Gasteiger partial charge in [-0.15, -0.1) is 12.4 Å². The molecule has 1 aromatic rings. The van der Waals surface area contributed by atoms with Gasteiger partial charge in [-0.1, -0.05) is 29.8 Å². The summed E-state index contributed by atoms with van der Waals surface area (Å²) in [5, 5.41) is 15.8. The van der Waals surface area contributed by atoms with Crippen molar-refractivity contribution < 1.29 is 9.90 Å². The normalized spacial score (nSPS) is 15.3. The molecule has 0 aromatic heterocycles. The van der Waals surface area contributed by atoms with Crippen molar-refractivity contribution in [3.8, 4) is 0 Å². The number of carbonyl (C=O) groups excluding carboxylic acids is 1. The molecule has 0 bridgehead atoms. The van der Waals surface area contributed by atoms with Crippen LogP contribution in [0.4, 0.5) is 0 Å². The molecule has 0 heterocycles. The molecule has 5 heteroatoms. The van der Waals surface area contributed by atoms with E-state index in [2.05, 4.69) is 10.6 Å². The standard InChI is InChI=1S/C15H22N2O2.ClH/c1-11-2-6-13(7-3-11)14(18)9-17-15(19)10-16-8-12-4-5-12;/h2-3,6-7,12,14,16,18H,4-5,8-10H2,1H3,(H,17,19);1H. The van der Waals surface area contributed by atoms with E-state index in [9.17, 15) is 9.90 Å². The Bertz CT molecular complexity index is 418. The second kappa shape index (κ2) is 8.25. The molecule has 1 fully saturated rings. The fourth-order valence-electron chi connectivity index (χ4n) is 1.89. The molecule has 0 spiro atoms. The molecule has 0 aliphatic heterocycles. The van der Waals surface area contributed by atoms with E-state index >= 15 is 0 Å². The summed E-state index contributed by atoms with van der Waals surface area (Å²) >= 11 is 0. The monoisotopic (exact) mass is 298 g/mol. The Balaban J connectivity index is 0.00000200. The van der Waals surface area contributed by atoms with Crippen LogP contribution in [0.2, 0.25) is 0 Å². The highest BCUT2D eigenvalue weighted by Gasteiger charge is 2.20. The van der Waals surface area contributed by atoms with Crippen molar-refractivity contribution in [2.45, 2.75) is 25.9 Å². The fraction of sp³-hybridized carbons (Fsp3) is 0.533. The van der Waals surface area contributed by atoms with Gasteiger partial charge in [-0.05, 0) is 37.8 Å². The van der Waals surface area contributed by atoms with Crippen LogP contribution in [-0.2, 0) is 4.79 Å². The van der Waals surface area contributed by atoms with Gasteiger partial charge in [-0.25, -0.2) is 0 Å². The van der Waals surface area contributed by atoms with Crippen LogP contribution in [-0.4, -0.2) is 30.6 Å². The zero-order valence-corrected chi connectivity index (χ0v) is 12.6. The zero-order chi connectivity index (χ0) is 13.7. The number of hydrogen-bond donors (Lipinski definition) is 3. The van der Waals surface area contributed by atoms with Crippen molar-refractivity contribution in [2.75, 3.05) is 19.6 Å². The highest BCUT2D eigenvalue weighted by atomic mass is 35.5. The van der Waals surface area contributed by atoms with Crippen LogP contribution < -0.4 is 10.6 Å². The Morgan fingerprint density at radius 3 is 2.60 bits per heavy atom. The van der Waals surface area contributed by atoms with Crippen molar-refractivity contribution >= 4 is 18.3 Å². The van der Waals surface area contributed by atoms with E-state index in [0.717, 1.165) is 23.6 Å². The molecule has 3 N–H and O–H groups in total. The van der Waals surface area contributed by atoms with E-state index in [1.807, 2.05) is 31.2 Å². The summed E-state index contributed by atoms with van der Waals surface area (Å²) in [4.78, 5) is 11.6. The molecule has 20 heavy (non-hydrogen) atoms.